The van der Waals surface area contributed by atoms with Crippen LogP contribution in [0.25, 0.3) is 0 Å². The standard InChI is InChI=1S/C19H29NO4/c1-11(2)15-6-5-13(7-16(15)12(3)4)10-24-18(22)9-14-8-17(21)20-19(14)23/h8,11-13,15-16H,5-7,9-10H2,1-4H3,(H,20,21,23)/t13-,15?,16?/m0/s1. The maximum absolute atomic E-state index is 11.9. The molecule has 24 heavy (non-hydrogen) atoms. The lowest BCUT2D eigenvalue weighted by atomic mass is 9.66. The Kier molecular flexibility index (Phi) is 6.19. The number of imide groups is 1. The fraction of sp³-hybridized carbons (Fsp3) is 0.737. The maximum atomic E-state index is 11.9. The summed E-state index contributed by atoms with van der Waals surface area (Å²) in [5.74, 6) is 1.74. The van der Waals surface area contributed by atoms with Crippen molar-refractivity contribution in [3.05, 3.63) is 11.6 Å². The Morgan fingerprint density at radius 3 is 2.38 bits per heavy atom. The van der Waals surface area contributed by atoms with Crippen LogP contribution in [0, 0.1) is 29.6 Å². The first-order chi connectivity index (χ1) is 11.3. The summed E-state index contributed by atoms with van der Waals surface area (Å²) in [5, 5.41) is 2.13. The van der Waals surface area contributed by atoms with Gasteiger partial charge >= 0.3 is 5.97 Å². The average Bonchev–Trinajstić information content (AvgIpc) is 2.82. The number of carbonyl (C=O) groups excluding carboxylic acids is 3. The number of ether oxygens (including phenoxy) is 1. The van der Waals surface area contributed by atoms with Gasteiger partial charge < -0.3 is 4.74 Å². The third-order valence-corrected chi connectivity index (χ3v) is 5.42. The van der Waals surface area contributed by atoms with Gasteiger partial charge in [0.2, 0.25) is 0 Å². The van der Waals surface area contributed by atoms with Crippen molar-refractivity contribution in [2.75, 3.05) is 6.61 Å². The van der Waals surface area contributed by atoms with Crippen LogP contribution in [-0.4, -0.2) is 24.4 Å². The van der Waals surface area contributed by atoms with Gasteiger partial charge in [0.25, 0.3) is 11.8 Å². The molecule has 0 aromatic heterocycles. The minimum Gasteiger partial charge on any atom is -0.465 e. The smallest absolute Gasteiger partial charge is 0.310 e. The second-order valence-electron chi connectivity index (χ2n) is 7.84. The van der Waals surface area contributed by atoms with Crippen LogP contribution >= 0.6 is 0 Å². The van der Waals surface area contributed by atoms with E-state index in [2.05, 4.69) is 33.0 Å². The van der Waals surface area contributed by atoms with E-state index in [0.29, 0.717) is 30.3 Å². The predicted octanol–water partition coefficient (Wildman–Crippen LogP) is 2.85. The van der Waals surface area contributed by atoms with E-state index in [9.17, 15) is 14.4 Å². The third-order valence-electron chi connectivity index (χ3n) is 5.42. The topological polar surface area (TPSA) is 72.5 Å². The van der Waals surface area contributed by atoms with E-state index in [4.69, 9.17) is 4.74 Å². The fourth-order valence-electron chi connectivity index (χ4n) is 4.07. The quantitative estimate of drug-likeness (QED) is 0.598. The molecule has 1 heterocycles. The highest BCUT2D eigenvalue weighted by Crippen LogP contribution is 2.41. The Bertz CT molecular complexity index is 535. The van der Waals surface area contributed by atoms with Gasteiger partial charge in [-0.2, -0.15) is 0 Å². The highest BCUT2D eigenvalue weighted by Gasteiger charge is 2.34. The second-order valence-corrected chi connectivity index (χ2v) is 7.84. The number of esters is 1. The number of hydrogen-bond acceptors (Lipinski definition) is 4. The van der Waals surface area contributed by atoms with Crippen molar-refractivity contribution in [2.45, 2.75) is 53.4 Å². The van der Waals surface area contributed by atoms with Gasteiger partial charge in [-0.1, -0.05) is 27.7 Å². The van der Waals surface area contributed by atoms with E-state index < -0.39 is 17.8 Å². The minimum atomic E-state index is -0.491. The van der Waals surface area contributed by atoms with E-state index in [1.807, 2.05) is 0 Å². The molecule has 0 spiro atoms. The summed E-state index contributed by atoms with van der Waals surface area (Å²) in [6.07, 6.45) is 4.40. The summed E-state index contributed by atoms with van der Waals surface area (Å²) in [4.78, 5) is 34.4. The average molecular weight is 335 g/mol. The summed E-state index contributed by atoms with van der Waals surface area (Å²) in [6, 6.07) is 0. The van der Waals surface area contributed by atoms with Crippen LogP contribution in [0.5, 0.6) is 0 Å². The van der Waals surface area contributed by atoms with Crippen LogP contribution in [-0.2, 0) is 19.1 Å². The summed E-state index contributed by atoms with van der Waals surface area (Å²) >= 11 is 0. The highest BCUT2D eigenvalue weighted by molar-refractivity contribution is 6.17. The number of hydrogen-bond donors (Lipinski definition) is 1. The Morgan fingerprint density at radius 1 is 1.17 bits per heavy atom. The van der Waals surface area contributed by atoms with Crippen molar-refractivity contribution in [3.63, 3.8) is 0 Å². The number of amides is 2. The Morgan fingerprint density at radius 2 is 1.83 bits per heavy atom. The van der Waals surface area contributed by atoms with Gasteiger partial charge in [-0.3, -0.25) is 19.7 Å². The molecule has 1 aliphatic carbocycles. The lowest BCUT2D eigenvalue weighted by Crippen LogP contribution is -2.33. The molecule has 2 amide bonds. The van der Waals surface area contributed by atoms with Crippen LogP contribution in [0.3, 0.4) is 0 Å². The zero-order chi connectivity index (χ0) is 17.9. The molecule has 0 aromatic carbocycles. The third kappa shape index (κ3) is 4.68. The molecule has 1 saturated carbocycles. The van der Waals surface area contributed by atoms with Gasteiger partial charge in [0.15, 0.2) is 0 Å². The molecular formula is C19H29NO4. The summed E-state index contributed by atoms with van der Waals surface area (Å²) in [6.45, 7) is 9.55. The molecule has 134 valence electrons. The molecule has 0 bridgehead atoms. The van der Waals surface area contributed by atoms with Crippen LogP contribution in [0.4, 0.5) is 0 Å². The minimum absolute atomic E-state index is 0.132. The molecule has 2 aliphatic rings. The number of nitrogens with one attached hydrogen (secondary N) is 1. The largest absolute Gasteiger partial charge is 0.465 e. The zero-order valence-electron chi connectivity index (χ0n) is 15.1. The summed E-state index contributed by atoms with van der Waals surface area (Å²) in [5.41, 5.74) is 0.188. The van der Waals surface area contributed by atoms with E-state index in [1.165, 1.54) is 12.5 Å². The number of carbonyl (C=O) groups is 3. The predicted molar refractivity (Wildman–Crippen MR) is 90.8 cm³/mol. The van der Waals surface area contributed by atoms with Crippen LogP contribution in [0.2, 0.25) is 0 Å². The van der Waals surface area contributed by atoms with Crippen molar-refractivity contribution < 1.29 is 19.1 Å². The SMILES string of the molecule is CC(C)C1CC[C@H](COC(=O)CC2=CC(=O)NC2=O)CC1C(C)C. The normalized spacial score (nSPS) is 27.4. The fourth-order valence-corrected chi connectivity index (χ4v) is 4.07. The molecule has 2 rings (SSSR count). The monoisotopic (exact) mass is 335 g/mol. The first kappa shape index (κ1) is 18.7. The first-order valence-corrected chi connectivity index (χ1v) is 8.99. The molecule has 5 nitrogen and oxygen atoms in total. The Hall–Kier alpha value is -1.65. The molecular weight excluding hydrogens is 306 g/mol. The van der Waals surface area contributed by atoms with E-state index >= 15 is 0 Å². The van der Waals surface area contributed by atoms with Gasteiger partial charge in [-0.05, 0) is 48.9 Å². The van der Waals surface area contributed by atoms with E-state index in [1.54, 1.807) is 0 Å². The van der Waals surface area contributed by atoms with E-state index in [0.717, 1.165) is 18.8 Å². The molecule has 1 fully saturated rings. The van der Waals surface area contributed by atoms with Gasteiger partial charge in [-0.15, -0.1) is 0 Å². The van der Waals surface area contributed by atoms with Crippen LogP contribution < -0.4 is 5.32 Å². The lowest BCUT2D eigenvalue weighted by molar-refractivity contribution is -0.145. The highest BCUT2D eigenvalue weighted by atomic mass is 16.5. The van der Waals surface area contributed by atoms with Crippen molar-refractivity contribution in [3.8, 4) is 0 Å². The molecule has 5 heteroatoms. The summed E-state index contributed by atoms with van der Waals surface area (Å²) < 4.78 is 5.38. The lowest BCUT2D eigenvalue weighted by Gasteiger charge is -2.40. The van der Waals surface area contributed by atoms with E-state index in [-0.39, 0.29) is 12.0 Å². The second kappa shape index (κ2) is 7.95. The van der Waals surface area contributed by atoms with Gasteiger partial charge in [0, 0.05) is 11.6 Å². The van der Waals surface area contributed by atoms with Crippen LogP contribution in [0.15, 0.2) is 11.6 Å². The molecule has 1 aliphatic heterocycles. The van der Waals surface area contributed by atoms with Crippen LogP contribution in [0.1, 0.15) is 53.4 Å². The van der Waals surface area contributed by atoms with Gasteiger partial charge in [0.05, 0.1) is 13.0 Å². The maximum Gasteiger partial charge on any atom is 0.310 e. The molecule has 0 saturated heterocycles. The molecule has 1 N–H and O–H groups in total. The molecule has 0 aromatic rings. The van der Waals surface area contributed by atoms with Crippen molar-refractivity contribution >= 4 is 17.8 Å². The van der Waals surface area contributed by atoms with Gasteiger partial charge in [0.1, 0.15) is 0 Å². The zero-order valence-corrected chi connectivity index (χ0v) is 15.1. The summed E-state index contributed by atoms with van der Waals surface area (Å²) in [7, 11) is 0. The van der Waals surface area contributed by atoms with Crippen molar-refractivity contribution in [2.24, 2.45) is 29.6 Å². The van der Waals surface area contributed by atoms with Gasteiger partial charge in [-0.25, -0.2) is 0 Å². The Labute approximate surface area is 144 Å². The van der Waals surface area contributed by atoms with Crippen molar-refractivity contribution in [1.82, 2.24) is 5.32 Å². The first-order valence-electron chi connectivity index (χ1n) is 8.99. The number of rotatable bonds is 6. The Balaban J connectivity index is 1.82. The molecule has 2 unspecified atom stereocenters. The molecule has 0 radical (unpaired) electrons. The molecule has 3 atom stereocenters. The van der Waals surface area contributed by atoms with Crippen molar-refractivity contribution in [1.29, 1.82) is 0 Å².